The van der Waals surface area contributed by atoms with Gasteiger partial charge in [0.2, 0.25) is 5.91 Å². The van der Waals surface area contributed by atoms with E-state index in [4.69, 9.17) is 23.2 Å². The Bertz CT molecular complexity index is 797. The van der Waals surface area contributed by atoms with Crippen LogP contribution in [0.3, 0.4) is 0 Å². The number of nitrogens with one attached hydrogen (secondary N) is 2. The first kappa shape index (κ1) is 18.7. The fraction of sp³-hybridized carbons (Fsp3) is 0.300. The average Bonchev–Trinajstić information content (AvgIpc) is 3.12. The summed E-state index contributed by atoms with van der Waals surface area (Å²) in [4.78, 5) is 25.0. The van der Waals surface area contributed by atoms with Crippen molar-refractivity contribution in [2.75, 3.05) is 5.32 Å². The predicted octanol–water partition coefficient (Wildman–Crippen LogP) is 4.85. The van der Waals surface area contributed by atoms with Crippen LogP contribution in [-0.4, -0.2) is 17.9 Å². The summed E-state index contributed by atoms with van der Waals surface area (Å²) in [6.07, 6.45) is 4.33. The summed E-state index contributed by atoms with van der Waals surface area (Å²) in [5.74, 6) is -0.440. The highest BCUT2D eigenvalue weighted by Crippen LogP contribution is 2.25. The van der Waals surface area contributed by atoms with E-state index in [-0.39, 0.29) is 24.3 Å². The van der Waals surface area contributed by atoms with Crippen LogP contribution in [0.15, 0.2) is 42.5 Å². The molecule has 0 radical (unpaired) electrons. The van der Waals surface area contributed by atoms with Gasteiger partial charge in [0.1, 0.15) is 0 Å². The molecule has 2 aromatic carbocycles. The third kappa shape index (κ3) is 4.57. The summed E-state index contributed by atoms with van der Waals surface area (Å²) >= 11 is 12.2. The van der Waals surface area contributed by atoms with Crippen molar-refractivity contribution in [2.24, 2.45) is 0 Å². The molecule has 0 aliphatic heterocycles. The number of hydrogen-bond donors (Lipinski definition) is 2. The summed E-state index contributed by atoms with van der Waals surface area (Å²) in [6, 6.07) is 12.3. The predicted molar refractivity (Wildman–Crippen MR) is 105 cm³/mol. The van der Waals surface area contributed by atoms with Crippen LogP contribution in [0.5, 0.6) is 0 Å². The first-order valence-electron chi connectivity index (χ1n) is 8.67. The van der Waals surface area contributed by atoms with E-state index in [1.165, 1.54) is 0 Å². The van der Waals surface area contributed by atoms with Crippen molar-refractivity contribution in [1.29, 1.82) is 0 Å². The van der Waals surface area contributed by atoms with E-state index in [1.807, 2.05) is 0 Å². The Hall–Kier alpha value is -2.04. The zero-order valence-corrected chi connectivity index (χ0v) is 15.7. The van der Waals surface area contributed by atoms with Gasteiger partial charge in [0.25, 0.3) is 5.91 Å². The van der Waals surface area contributed by atoms with Gasteiger partial charge in [0.05, 0.1) is 17.7 Å². The Morgan fingerprint density at radius 1 is 0.962 bits per heavy atom. The van der Waals surface area contributed by atoms with Gasteiger partial charge >= 0.3 is 0 Å². The summed E-state index contributed by atoms with van der Waals surface area (Å²) in [6.45, 7) is 0. The van der Waals surface area contributed by atoms with Crippen molar-refractivity contribution >= 4 is 40.7 Å². The van der Waals surface area contributed by atoms with Gasteiger partial charge in [0.15, 0.2) is 0 Å². The fourth-order valence-electron chi connectivity index (χ4n) is 3.18. The highest BCUT2D eigenvalue weighted by Gasteiger charge is 2.20. The van der Waals surface area contributed by atoms with Crippen LogP contribution in [0.2, 0.25) is 10.0 Å². The molecule has 0 unspecified atom stereocenters. The van der Waals surface area contributed by atoms with E-state index in [2.05, 4.69) is 10.6 Å². The minimum absolute atomic E-state index is 0.0388. The number of carbonyl (C=O) groups is 2. The van der Waals surface area contributed by atoms with Crippen molar-refractivity contribution in [3.05, 3.63) is 63.6 Å². The Morgan fingerprint density at radius 3 is 2.31 bits per heavy atom. The Morgan fingerprint density at radius 2 is 1.62 bits per heavy atom. The molecule has 2 amide bonds. The van der Waals surface area contributed by atoms with Crippen LogP contribution in [0.4, 0.5) is 5.69 Å². The molecule has 6 heteroatoms. The summed E-state index contributed by atoms with van der Waals surface area (Å²) < 4.78 is 0. The van der Waals surface area contributed by atoms with Gasteiger partial charge in [-0.15, -0.1) is 0 Å². The van der Waals surface area contributed by atoms with E-state index < -0.39 is 0 Å². The van der Waals surface area contributed by atoms with Crippen LogP contribution in [0.25, 0.3) is 0 Å². The number of anilines is 1. The largest absolute Gasteiger partial charge is 0.349 e. The summed E-state index contributed by atoms with van der Waals surface area (Å²) in [7, 11) is 0. The Labute approximate surface area is 162 Å². The second-order valence-corrected chi connectivity index (χ2v) is 7.24. The lowest BCUT2D eigenvalue weighted by atomic mass is 10.1. The van der Waals surface area contributed by atoms with E-state index >= 15 is 0 Å². The normalized spacial score (nSPS) is 14.2. The van der Waals surface area contributed by atoms with E-state index in [1.54, 1.807) is 42.5 Å². The van der Waals surface area contributed by atoms with Crippen LogP contribution < -0.4 is 10.6 Å². The van der Waals surface area contributed by atoms with Gasteiger partial charge in [-0.1, -0.05) is 54.2 Å². The molecule has 26 heavy (non-hydrogen) atoms. The second-order valence-electron chi connectivity index (χ2n) is 6.43. The van der Waals surface area contributed by atoms with Crippen LogP contribution in [0.1, 0.15) is 41.6 Å². The van der Waals surface area contributed by atoms with Crippen molar-refractivity contribution in [1.82, 2.24) is 5.32 Å². The molecular formula is C20H20Cl2N2O2. The number of benzene rings is 2. The highest BCUT2D eigenvalue weighted by molar-refractivity contribution is 6.36. The number of hydrogen-bond acceptors (Lipinski definition) is 2. The zero-order chi connectivity index (χ0) is 18.5. The molecule has 4 nitrogen and oxygen atoms in total. The van der Waals surface area contributed by atoms with Crippen molar-refractivity contribution < 1.29 is 9.59 Å². The standard InChI is InChI=1S/C20H20Cl2N2O2/c21-16-9-5-10-17(22)15(16)12-19(25)24-18-11-4-3-8-14(18)20(26)23-13-6-1-2-7-13/h3-5,8-11,13H,1-2,6-7,12H2,(H,23,26)(H,24,25). The van der Waals surface area contributed by atoms with Gasteiger partial charge in [-0.2, -0.15) is 0 Å². The second kappa shape index (κ2) is 8.56. The Balaban J connectivity index is 1.71. The smallest absolute Gasteiger partial charge is 0.253 e. The molecular weight excluding hydrogens is 371 g/mol. The van der Waals surface area contributed by atoms with Gasteiger partial charge in [-0.25, -0.2) is 0 Å². The maximum Gasteiger partial charge on any atom is 0.253 e. The van der Waals surface area contributed by atoms with Gasteiger partial charge in [-0.05, 0) is 42.7 Å². The molecule has 0 atom stereocenters. The number of para-hydroxylation sites is 1. The molecule has 1 saturated carbocycles. The highest BCUT2D eigenvalue weighted by atomic mass is 35.5. The van der Waals surface area contributed by atoms with Crippen LogP contribution in [-0.2, 0) is 11.2 Å². The van der Waals surface area contributed by atoms with Gasteiger partial charge < -0.3 is 10.6 Å². The topological polar surface area (TPSA) is 58.2 Å². The molecule has 1 aliphatic carbocycles. The van der Waals surface area contributed by atoms with Crippen molar-refractivity contribution in [3.63, 3.8) is 0 Å². The SMILES string of the molecule is O=C(Cc1c(Cl)cccc1Cl)Nc1ccccc1C(=O)NC1CCCC1. The monoisotopic (exact) mass is 390 g/mol. The summed E-state index contributed by atoms with van der Waals surface area (Å²) in [5.41, 5.74) is 1.51. The minimum atomic E-state index is -0.277. The molecule has 2 aromatic rings. The maximum atomic E-state index is 12.6. The molecule has 0 spiro atoms. The average molecular weight is 391 g/mol. The summed E-state index contributed by atoms with van der Waals surface area (Å²) in [5, 5.41) is 6.74. The lowest BCUT2D eigenvalue weighted by Crippen LogP contribution is -2.33. The molecule has 1 aliphatic rings. The first-order valence-corrected chi connectivity index (χ1v) is 9.43. The number of halogens is 2. The molecule has 1 fully saturated rings. The Kier molecular flexibility index (Phi) is 6.17. The lowest BCUT2D eigenvalue weighted by molar-refractivity contribution is -0.115. The zero-order valence-electron chi connectivity index (χ0n) is 14.2. The first-order chi connectivity index (χ1) is 12.5. The maximum absolute atomic E-state index is 12.6. The quantitative estimate of drug-likeness (QED) is 0.766. The van der Waals surface area contributed by atoms with Gasteiger partial charge in [0, 0.05) is 16.1 Å². The fourth-order valence-corrected chi connectivity index (χ4v) is 3.71. The van der Waals surface area contributed by atoms with Crippen LogP contribution >= 0.6 is 23.2 Å². The molecule has 2 N–H and O–H groups in total. The number of amides is 2. The van der Waals surface area contributed by atoms with Crippen molar-refractivity contribution in [2.45, 2.75) is 38.1 Å². The van der Waals surface area contributed by atoms with Gasteiger partial charge in [-0.3, -0.25) is 9.59 Å². The molecule has 3 rings (SSSR count). The minimum Gasteiger partial charge on any atom is -0.349 e. The molecule has 0 heterocycles. The molecule has 136 valence electrons. The molecule has 0 aromatic heterocycles. The molecule has 0 bridgehead atoms. The lowest BCUT2D eigenvalue weighted by Gasteiger charge is -2.15. The third-order valence-corrected chi connectivity index (χ3v) is 5.24. The van der Waals surface area contributed by atoms with Crippen molar-refractivity contribution in [3.8, 4) is 0 Å². The van der Waals surface area contributed by atoms with E-state index in [9.17, 15) is 9.59 Å². The van der Waals surface area contributed by atoms with E-state index in [0.29, 0.717) is 26.9 Å². The van der Waals surface area contributed by atoms with Crippen LogP contribution in [0, 0.1) is 0 Å². The third-order valence-electron chi connectivity index (χ3n) is 4.54. The van der Waals surface area contributed by atoms with E-state index in [0.717, 1.165) is 25.7 Å². The number of carbonyl (C=O) groups excluding carboxylic acids is 2. The molecule has 0 saturated heterocycles. The number of rotatable bonds is 5.